The molecule has 5 heteroatoms. The van der Waals surface area contributed by atoms with E-state index in [-0.39, 0.29) is 11.7 Å². The SMILES string of the molecule is CCC(=O)C1=NNC(C(=O)NCc2ccccc2)C1. The van der Waals surface area contributed by atoms with Crippen LogP contribution in [0.4, 0.5) is 0 Å². The molecule has 19 heavy (non-hydrogen) atoms. The highest BCUT2D eigenvalue weighted by Gasteiger charge is 2.27. The van der Waals surface area contributed by atoms with Gasteiger partial charge in [0.05, 0.1) is 0 Å². The lowest BCUT2D eigenvalue weighted by Gasteiger charge is -2.10. The number of nitrogens with zero attached hydrogens (tertiary/aromatic N) is 1. The molecule has 0 radical (unpaired) electrons. The minimum Gasteiger partial charge on any atom is -0.350 e. The Morgan fingerprint density at radius 3 is 2.79 bits per heavy atom. The lowest BCUT2D eigenvalue weighted by Crippen LogP contribution is -2.39. The second-order valence-electron chi connectivity index (χ2n) is 4.42. The maximum Gasteiger partial charge on any atom is 0.244 e. The van der Waals surface area contributed by atoms with Crippen LogP contribution in [0.3, 0.4) is 0 Å². The third-order valence-electron chi connectivity index (χ3n) is 3.02. The quantitative estimate of drug-likeness (QED) is 0.828. The highest BCUT2D eigenvalue weighted by atomic mass is 16.2. The summed E-state index contributed by atoms with van der Waals surface area (Å²) in [5.41, 5.74) is 4.21. The minimum absolute atomic E-state index is 0.00846. The van der Waals surface area contributed by atoms with Crippen molar-refractivity contribution in [2.75, 3.05) is 0 Å². The first-order chi connectivity index (χ1) is 9.20. The van der Waals surface area contributed by atoms with E-state index in [0.717, 1.165) is 5.56 Å². The van der Waals surface area contributed by atoms with E-state index in [1.54, 1.807) is 6.92 Å². The Morgan fingerprint density at radius 2 is 2.11 bits per heavy atom. The number of ketones is 1. The van der Waals surface area contributed by atoms with E-state index in [0.29, 0.717) is 25.1 Å². The van der Waals surface area contributed by atoms with Gasteiger partial charge in [-0.1, -0.05) is 37.3 Å². The van der Waals surface area contributed by atoms with Gasteiger partial charge in [0.25, 0.3) is 0 Å². The van der Waals surface area contributed by atoms with E-state index in [9.17, 15) is 9.59 Å². The fraction of sp³-hybridized carbons (Fsp3) is 0.357. The van der Waals surface area contributed by atoms with Crippen molar-refractivity contribution < 1.29 is 9.59 Å². The summed E-state index contributed by atoms with van der Waals surface area (Å²) in [6, 6.07) is 9.25. The molecule has 1 unspecified atom stereocenters. The molecular formula is C14H17N3O2. The summed E-state index contributed by atoms with van der Waals surface area (Å²) in [5.74, 6) is -0.141. The Hall–Kier alpha value is -2.17. The van der Waals surface area contributed by atoms with Crippen LogP contribution >= 0.6 is 0 Å². The number of Topliss-reactive ketones (excluding diaryl/α,β-unsaturated/α-hetero) is 1. The van der Waals surface area contributed by atoms with Crippen molar-refractivity contribution in [3.8, 4) is 0 Å². The lowest BCUT2D eigenvalue weighted by molar-refractivity contribution is -0.122. The third kappa shape index (κ3) is 3.40. The Balaban J connectivity index is 1.81. The monoisotopic (exact) mass is 259 g/mol. The van der Waals surface area contributed by atoms with Crippen LogP contribution in [0.15, 0.2) is 35.4 Å². The lowest BCUT2D eigenvalue weighted by atomic mass is 10.1. The molecule has 1 aromatic carbocycles. The molecule has 0 saturated carbocycles. The number of hydrogen-bond acceptors (Lipinski definition) is 4. The molecule has 1 amide bonds. The smallest absolute Gasteiger partial charge is 0.244 e. The van der Waals surface area contributed by atoms with Crippen molar-refractivity contribution in [1.29, 1.82) is 0 Å². The Bertz CT molecular complexity index is 497. The van der Waals surface area contributed by atoms with Crippen molar-refractivity contribution in [2.24, 2.45) is 5.10 Å². The van der Waals surface area contributed by atoms with Crippen molar-refractivity contribution in [1.82, 2.24) is 10.7 Å². The van der Waals surface area contributed by atoms with Crippen LogP contribution in [-0.4, -0.2) is 23.4 Å². The van der Waals surface area contributed by atoms with Gasteiger partial charge in [-0.05, 0) is 5.56 Å². The first kappa shape index (κ1) is 13.3. The van der Waals surface area contributed by atoms with E-state index in [4.69, 9.17) is 0 Å². The Labute approximate surface area is 112 Å². The topological polar surface area (TPSA) is 70.6 Å². The van der Waals surface area contributed by atoms with E-state index in [2.05, 4.69) is 15.8 Å². The summed E-state index contributed by atoms with van der Waals surface area (Å²) in [5, 5.41) is 6.75. The first-order valence-corrected chi connectivity index (χ1v) is 6.37. The largest absolute Gasteiger partial charge is 0.350 e. The number of nitrogens with one attached hydrogen (secondary N) is 2. The van der Waals surface area contributed by atoms with Crippen LogP contribution in [0.25, 0.3) is 0 Å². The molecule has 2 N–H and O–H groups in total. The molecule has 0 spiro atoms. The predicted octanol–water partition coefficient (Wildman–Crippen LogP) is 1.000. The van der Waals surface area contributed by atoms with Crippen LogP contribution in [0.5, 0.6) is 0 Å². The van der Waals surface area contributed by atoms with Gasteiger partial charge in [-0.25, -0.2) is 0 Å². The van der Waals surface area contributed by atoms with E-state index in [1.165, 1.54) is 0 Å². The van der Waals surface area contributed by atoms with E-state index >= 15 is 0 Å². The Kier molecular flexibility index (Phi) is 4.28. The average Bonchev–Trinajstić information content (AvgIpc) is 2.95. The highest BCUT2D eigenvalue weighted by molar-refractivity contribution is 6.40. The number of rotatable bonds is 5. The predicted molar refractivity (Wildman–Crippen MR) is 72.6 cm³/mol. The van der Waals surface area contributed by atoms with Crippen LogP contribution in [-0.2, 0) is 16.1 Å². The van der Waals surface area contributed by atoms with Crippen molar-refractivity contribution >= 4 is 17.4 Å². The second kappa shape index (κ2) is 6.13. The van der Waals surface area contributed by atoms with Crippen LogP contribution in [0.2, 0.25) is 0 Å². The zero-order valence-corrected chi connectivity index (χ0v) is 10.8. The van der Waals surface area contributed by atoms with Crippen LogP contribution in [0, 0.1) is 0 Å². The fourth-order valence-corrected chi connectivity index (χ4v) is 1.88. The molecule has 1 aromatic rings. The number of hydrazone groups is 1. The third-order valence-corrected chi connectivity index (χ3v) is 3.02. The summed E-state index contributed by atoms with van der Waals surface area (Å²) < 4.78 is 0. The van der Waals surface area contributed by atoms with Crippen molar-refractivity contribution in [3.05, 3.63) is 35.9 Å². The summed E-state index contributed by atoms with van der Waals surface area (Å²) in [6.45, 7) is 2.27. The number of carbonyl (C=O) groups is 2. The van der Waals surface area contributed by atoms with Gasteiger partial charge in [-0.3, -0.25) is 15.0 Å². The van der Waals surface area contributed by atoms with Gasteiger partial charge >= 0.3 is 0 Å². The second-order valence-corrected chi connectivity index (χ2v) is 4.42. The van der Waals surface area contributed by atoms with Crippen molar-refractivity contribution in [2.45, 2.75) is 32.4 Å². The number of amides is 1. The molecule has 0 aromatic heterocycles. The van der Waals surface area contributed by atoms with Crippen molar-refractivity contribution in [3.63, 3.8) is 0 Å². The molecule has 0 saturated heterocycles. The molecule has 0 bridgehead atoms. The number of carbonyl (C=O) groups excluding carboxylic acids is 2. The molecule has 0 aliphatic carbocycles. The van der Waals surface area contributed by atoms with Gasteiger partial charge < -0.3 is 5.32 Å². The van der Waals surface area contributed by atoms with Gasteiger partial charge in [0.2, 0.25) is 5.91 Å². The molecular weight excluding hydrogens is 242 g/mol. The molecule has 100 valence electrons. The zero-order valence-electron chi connectivity index (χ0n) is 10.8. The van der Waals surface area contributed by atoms with Crippen LogP contribution < -0.4 is 10.7 Å². The highest BCUT2D eigenvalue weighted by Crippen LogP contribution is 2.06. The molecule has 1 atom stereocenters. The molecule has 2 rings (SSSR count). The van der Waals surface area contributed by atoms with Gasteiger partial charge in [0, 0.05) is 19.4 Å². The standard InChI is InChI=1S/C14H17N3O2/c1-2-13(18)11-8-12(17-16-11)14(19)15-9-10-6-4-3-5-7-10/h3-7,12,17H,2,8-9H2,1H3,(H,15,19). The number of hydrogen-bond donors (Lipinski definition) is 2. The molecule has 1 heterocycles. The maximum atomic E-state index is 11.9. The fourth-order valence-electron chi connectivity index (χ4n) is 1.88. The molecule has 1 aliphatic heterocycles. The van der Waals surface area contributed by atoms with Gasteiger partial charge in [0.1, 0.15) is 11.8 Å². The molecule has 0 fully saturated rings. The summed E-state index contributed by atoms with van der Waals surface area (Å²) in [7, 11) is 0. The molecule has 1 aliphatic rings. The summed E-state index contributed by atoms with van der Waals surface area (Å²) in [6.07, 6.45) is 0.784. The van der Waals surface area contributed by atoms with Crippen LogP contribution in [0.1, 0.15) is 25.3 Å². The summed E-state index contributed by atoms with van der Waals surface area (Å²) >= 11 is 0. The number of benzene rings is 1. The van der Waals surface area contributed by atoms with E-state index < -0.39 is 6.04 Å². The summed E-state index contributed by atoms with van der Waals surface area (Å²) in [4.78, 5) is 23.4. The maximum absolute atomic E-state index is 11.9. The Morgan fingerprint density at radius 1 is 1.37 bits per heavy atom. The minimum atomic E-state index is -0.436. The van der Waals surface area contributed by atoms with Gasteiger partial charge in [-0.15, -0.1) is 0 Å². The average molecular weight is 259 g/mol. The zero-order chi connectivity index (χ0) is 13.7. The first-order valence-electron chi connectivity index (χ1n) is 6.37. The normalized spacial score (nSPS) is 17.5. The molecule has 5 nitrogen and oxygen atoms in total. The van der Waals surface area contributed by atoms with Gasteiger partial charge in [-0.2, -0.15) is 5.10 Å². The van der Waals surface area contributed by atoms with E-state index in [1.807, 2.05) is 30.3 Å². The van der Waals surface area contributed by atoms with Gasteiger partial charge in [0.15, 0.2) is 5.78 Å².